The number of quaternary nitrogens is 1. The molecule has 0 aliphatic carbocycles. The van der Waals surface area contributed by atoms with Crippen molar-refractivity contribution in [1.82, 2.24) is 9.97 Å². The SMILES string of the molecule is C[C@@H](/C(O)=C(\C#N)c1nc2ccccc2[nH]1)[NH+]1CCN(c2cccc(Cl)c2)CC1. The lowest BCUT2D eigenvalue weighted by molar-refractivity contribution is -0.919. The Morgan fingerprint density at radius 3 is 2.69 bits per heavy atom. The number of aliphatic hydroxyl groups excluding tert-OH is 1. The number of H-pyrrole nitrogens is 1. The maximum Gasteiger partial charge on any atom is 0.172 e. The quantitative estimate of drug-likeness (QED) is 0.458. The van der Waals surface area contributed by atoms with E-state index in [4.69, 9.17) is 11.6 Å². The maximum absolute atomic E-state index is 10.9. The number of allylic oxidation sites excluding steroid dienone is 1. The van der Waals surface area contributed by atoms with Crippen molar-refractivity contribution in [3.8, 4) is 6.07 Å². The first-order valence-electron chi connectivity index (χ1n) is 9.70. The van der Waals surface area contributed by atoms with E-state index in [1.54, 1.807) is 0 Å². The zero-order valence-corrected chi connectivity index (χ0v) is 16.9. The first-order valence-corrected chi connectivity index (χ1v) is 10.1. The Kier molecular flexibility index (Phi) is 5.43. The van der Waals surface area contributed by atoms with Crippen LogP contribution in [0.5, 0.6) is 0 Å². The molecule has 0 spiro atoms. The summed E-state index contributed by atoms with van der Waals surface area (Å²) < 4.78 is 0. The van der Waals surface area contributed by atoms with Gasteiger partial charge in [0.15, 0.2) is 11.6 Å². The van der Waals surface area contributed by atoms with Crippen LogP contribution in [-0.2, 0) is 0 Å². The molecule has 7 heteroatoms. The van der Waals surface area contributed by atoms with Gasteiger partial charge in [0.05, 0.1) is 37.2 Å². The standard InChI is InChI=1S/C22H22ClN5O/c1-15(27-9-11-28(12-10-27)17-6-4-5-16(23)13-17)21(29)18(14-24)22-25-19-7-2-3-8-20(19)26-22/h2-8,13,15,29H,9-12H2,1H3,(H,25,26)/p+1/b21-18-/t15-/m0/s1. The second kappa shape index (κ2) is 8.16. The van der Waals surface area contributed by atoms with Gasteiger partial charge < -0.3 is 19.9 Å². The molecule has 1 aliphatic rings. The summed E-state index contributed by atoms with van der Waals surface area (Å²) in [6, 6.07) is 17.4. The molecule has 6 nitrogen and oxygen atoms in total. The molecule has 3 aromatic rings. The number of nitrogens with zero attached hydrogens (tertiary/aromatic N) is 3. The fraction of sp³-hybridized carbons (Fsp3) is 0.273. The molecular formula is C22H23ClN5O+. The minimum Gasteiger partial charge on any atom is -0.505 e. The van der Waals surface area contributed by atoms with E-state index in [0.29, 0.717) is 5.82 Å². The maximum atomic E-state index is 10.9. The van der Waals surface area contributed by atoms with Gasteiger partial charge >= 0.3 is 0 Å². The summed E-state index contributed by atoms with van der Waals surface area (Å²) >= 11 is 6.11. The average Bonchev–Trinajstić information content (AvgIpc) is 3.17. The number of nitriles is 1. The van der Waals surface area contributed by atoms with E-state index >= 15 is 0 Å². The van der Waals surface area contributed by atoms with Gasteiger partial charge in [-0.05, 0) is 37.3 Å². The number of halogens is 1. The molecule has 1 aliphatic heterocycles. The normalized spacial score (nSPS) is 17.1. The number of para-hydroxylation sites is 2. The zero-order chi connectivity index (χ0) is 20.4. The second-order valence-electron chi connectivity index (χ2n) is 7.32. The summed E-state index contributed by atoms with van der Waals surface area (Å²) in [5.74, 6) is 0.493. The number of anilines is 1. The van der Waals surface area contributed by atoms with Crippen molar-refractivity contribution in [3.63, 3.8) is 0 Å². The summed E-state index contributed by atoms with van der Waals surface area (Å²) in [6.45, 7) is 5.40. The van der Waals surface area contributed by atoms with Crippen LogP contribution in [0.25, 0.3) is 16.6 Å². The third-order valence-corrected chi connectivity index (χ3v) is 5.83. The van der Waals surface area contributed by atoms with E-state index in [-0.39, 0.29) is 17.4 Å². The molecule has 2 aromatic carbocycles. The summed E-state index contributed by atoms with van der Waals surface area (Å²) in [7, 11) is 0. The van der Waals surface area contributed by atoms with Crippen molar-refractivity contribution in [3.05, 3.63) is 65.1 Å². The fourth-order valence-corrected chi connectivity index (χ4v) is 4.06. The number of imidazole rings is 1. The highest BCUT2D eigenvalue weighted by Crippen LogP contribution is 2.21. The van der Waals surface area contributed by atoms with Crippen molar-refractivity contribution in [2.24, 2.45) is 0 Å². The van der Waals surface area contributed by atoms with Crippen molar-refractivity contribution < 1.29 is 10.0 Å². The topological polar surface area (TPSA) is 80.4 Å². The third-order valence-electron chi connectivity index (χ3n) is 5.60. The highest BCUT2D eigenvalue weighted by Gasteiger charge is 2.29. The molecule has 3 N–H and O–H groups in total. The molecule has 0 amide bonds. The smallest absolute Gasteiger partial charge is 0.172 e. The lowest BCUT2D eigenvalue weighted by Gasteiger charge is -2.36. The molecule has 1 saturated heterocycles. The Labute approximate surface area is 174 Å². The summed E-state index contributed by atoms with van der Waals surface area (Å²) in [5.41, 5.74) is 2.94. The molecular weight excluding hydrogens is 386 g/mol. The highest BCUT2D eigenvalue weighted by molar-refractivity contribution is 6.30. The number of benzene rings is 2. The number of hydrogen-bond donors (Lipinski definition) is 3. The molecule has 0 bridgehead atoms. The Morgan fingerprint density at radius 2 is 2.00 bits per heavy atom. The van der Waals surface area contributed by atoms with E-state index in [0.717, 1.165) is 47.9 Å². The monoisotopic (exact) mass is 408 g/mol. The minimum absolute atomic E-state index is 0.0813. The van der Waals surface area contributed by atoms with E-state index in [1.807, 2.05) is 49.4 Å². The number of piperazine rings is 1. The van der Waals surface area contributed by atoms with Gasteiger partial charge in [-0.2, -0.15) is 5.26 Å². The Bertz CT molecular complexity index is 1060. The van der Waals surface area contributed by atoms with Crippen LogP contribution in [0.3, 0.4) is 0 Å². The van der Waals surface area contributed by atoms with Crippen molar-refractivity contribution in [2.45, 2.75) is 13.0 Å². The summed E-state index contributed by atoms with van der Waals surface area (Å²) in [4.78, 5) is 11.1. The highest BCUT2D eigenvalue weighted by atomic mass is 35.5. The number of hydrogen-bond acceptors (Lipinski definition) is 4. The predicted octanol–water partition coefficient (Wildman–Crippen LogP) is 2.80. The van der Waals surface area contributed by atoms with Crippen LogP contribution in [0.2, 0.25) is 5.02 Å². The minimum atomic E-state index is -0.195. The number of rotatable bonds is 4. The summed E-state index contributed by atoms with van der Waals surface area (Å²) in [6.07, 6.45) is 0. The number of aliphatic hydroxyl groups is 1. The van der Waals surface area contributed by atoms with Crippen LogP contribution in [0.15, 0.2) is 54.3 Å². The molecule has 2 heterocycles. The van der Waals surface area contributed by atoms with Gasteiger partial charge in [0.2, 0.25) is 0 Å². The molecule has 1 aromatic heterocycles. The van der Waals surface area contributed by atoms with Crippen molar-refractivity contribution in [2.75, 3.05) is 31.1 Å². The molecule has 0 unspecified atom stereocenters. The lowest BCUT2D eigenvalue weighted by Crippen LogP contribution is -3.18. The molecule has 1 atom stereocenters. The van der Waals surface area contributed by atoms with Gasteiger partial charge in [0, 0.05) is 10.7 Å². The van der Waals surface area contributed by atoms with Crippen LogP contribution in [0.1, 0.15) is 12.7 Å². The van der Waals surface area contributed by atoms with Gasteiger partial charge in [-0.1, -0.05) is 29.8 Å². The molecule has 0 radical (unpaired) electrons. The molecule has 29 heavy (non-hydrogen) atoms. The molecule has 4 rings (SSSR count). The van der Waals surface area contributed by atoms with Gasteiger partial charge in [0.25, 0.3) is 0 Å². The van der Waals surface area contributed by atoms with Crippen molar-refractivity contribution in [1.29, 1.82) is 5.26 Å². The first kappa shape index (κ1) is 19.3. The van der Waals surface area contributed by atoms with E-state index < -0.39 is 0 Å². The van der Waals surface area contributed by atoms with E-state index in [1.165, 1.54) is 4.90 Å². The number of fused-ring (bicyclic) bond motifs is 1. The zero-order valence-electron chi connectivity index (χ0n) is 16.2. The lowest BCUT2D eigenvalue weighted by atomic mass is 10.1. The Hall–Kier alpha value is -3.01. The van der Waals surface area contributed by atoms with Gasteiger partial charge in [-0.15, -0.1) is 0 Å². The van der Waals surface area contributed by atoms with Crippen LogP contribution in [-0.4, -0.2) is 47.3 Å². The van der Waals surface area contributed by atoms with Crippen LogP contribution < -0.4 is 9.80 Å². The van der Waals surface area contributed by atoms with Crippen LogP contribution in [0, 0.1) is 11.3 Å². The largest absolute Gasteiger partial charge is 0.505 e. The Morgan fingerprint density at radius 1 is 1.24 bits per heavy atom. The molecule has 148 valence electrons. The van der Waals surface area contributed by atoms with Gasteiger partial charge in [0.1, 0.15) is 17.7 Å². The average molecular weight is 409 g/mol. The number of nitrogens with one attached hydrogen (secondary N) is 2. The van der Waals surface area contributed by atoms with E-state index in [9.17, 15) is 10.4 Å². The van der Waals surface area contributed by atoms with Crippen molar-refractivity contribution >= 4 is 33.9 Å². The fourth-order valence-electron chi connectivity index (χ4n) is 3.87. The van der Waals surface area contributed by atoms with E-state index in [2.05, 4.69) is 27.0 Å². The van der Waals surface area contributed by atoms with Gasteiger partial charge in [-0.3, -0.25) is 0 Å². The summed E-state index contributed by atoms with van der Waals surface area (Å²) in [5, 5.41) is 21.3. The van der Waals surface area contributed by atoms with Gasteiger partial charge in [-0.25, -0.2) is 4.98 Å². The van der Waals surface area contributed by atoms with Crippen LogP contribution >= 0.6 is 11.6 Å². The third kappa shape index (κ3) is 3.93. The predicted molar refractivity (Wildman–Crippen MR) is 115 cm³/mol. The first-order chi connectivity index (χ1) is 14.1. The van der Waals surface area contributed by atoms with Crippen LogP contribution in [0.4, 0.5) is 5.69 Å². The number of aromatic nitrogens is 2. The molecule has 1 fully saturated rings. The number of aromatic amines is 1. The second-order valence-corrected chi connectivity index (χ2v) is 7.76. The molecule has 0 saturated carbocycles. The Balaban J connectivity index is 1.51.